The zero-order valence-electron chi connectivity index (χ0n) is 8.76. The van der Waals surface area contributed by atoms with Crippen molar-refractivity contribution in [1.29, 1.82) is 0 Å². The average molecular weight is 238 g/mol. The molecule has 0 aliphatic carbocycles. The lowest BCUT2D eigenvalue weighted by molar-refractivity contribution is 0.00290. The third-order valence-corrected chi connectivity index (χ3v) is 2.46. The maximum absolute atomic E-state index is 11.0. The highest BCUT2D eigenvalue weighted by molar-refractivity contribution is 7.86. The molecule has 0 N–H and O–H groups in total. The molecule has 0 spiro atoms. The van der Waals surface area contributed by atoms with Gasteiger partial charge in [-0.2, -0.15) is 8.42 Å². The van der Waals surface area contributed by atoms with Crippen LogP contribution < -0.4 is 0 Å². The van der Waals surface area contributed by atoms with E-state index in [2.05, 4.69) is 9.37 Å². The molecule has 1 aromatic rings. The quantitative estimate of drug-likeness (QED) is 0.796. The molecule has 0 saturated carbocycles. The van der Waals surface area contributed by atoms with Crippen molar-refractivity contribution in [2.24, 2.45) is 7.05 Å². The Labute approximate surface area is 88.9 Å². The van der Waals surface area contributed by atoms with E-state index in [0.717, 1.165) is 0 Å². The van der Waals surface area contributed by atoms with Gasteiger partial charge in [0.15, 0.2) is 0 Å². The fraction of sp³-hybridized carbons (Fsp3) is 0.625. The zero-order chi connectivity index (χ0) is 11.7. The number of rotatable bonds is 4. The number of unbranched alkanes of at least 4 members (excludes halogenated alkanes) is 1. The molecule has 1 aromatic heterocycles. The first-order chi connectivity index (χ1) is 7.02. The van der Waals surface area contributed by atoms with E-state index in [1.807, 2.05) is 24.7 Å². The molecule has 5 nitrogen and oxygen atoms in total. The van der Waals surface area contributed by atoms with Crippen molar-refractivity contribution >= 4 is 10.1 Å². The van der Waals surface area contributed by atoms with Crippen molar-refractivity contribution in [2.45, 2.75) is 19.8 Å². The lowest BCUT2D eigenvalue weighted by Gasteiger charge is -1.92. The van der Waals surface area contributed by atoms with Crippen molar-refractivity contribution in [3.8, 4) is 0 Å². The molecular formula is C8H15FN2O3S. The summed E-state index contributed by atoms with van der Waals surface area (Å²) in [5.41, 5.74) is 0. The molecule has 1 rings (SSSR count). The number of imidazole rings is 1. The Kier molecular flexibility index (Phi) is 6.89. The van der Waals surface area contributed by atoms with Crippen LogP contribution in [0.1, 0.15) is 19.8 Å². The fourth-order valence-electron chi connectivity index (χ4n) is 0.678. The van der Waals surface area contributed by atoms with Crippen LogP contribution in [0.2, 0.25) is 0 Å². The molecule has 0 bridgehead atoms. The maximum Gasteiger partial charge on any atom is 0.297 e. The summed E-state index contributed by atoms with van der Waals surface area (Å²) >= 11 is 0. The van der Waals surface area contributed by atoms with E-state index in [1.165, 1.54) is 0 Å². The van der Waals surface area contributed by atoms with Crippen LogP contribution in [0.3, 0.4) is 0 Å². The number of aromatic nitrogens is 2. The van der Waals surface area contributed by atoms with Crippen molar-refractivity contribution in [3.63, 3.8) is 0 Å². The van der Waals surface area contributed by atoms with Gasteiger partial charge in [-0.05, 0) is 10.9 Å². The Morgan fingerprint density at radius 1 is 1.53 bits per heavy atom. The van der Waals surface area contributed by atoms with Gasteiger partial charge in [0.05, 0.1) is 12.1 Å². The maximum atomic E-state index is 11.0. The van der Waals surface area contributed by atoms with Gasteiger partial charge in [-0.3, -0.25) is 0 Å². The van der Waals surface area contributed by atoms with Crippen LogP contribution in [-0.4, -0.2) is 23.7 Å². The second kappa shape index (κ2) is 7.36. The lowest BCUT2D eigenvalue weighted by atomic mass is 10.4. The van der Waals surface area contributed by atoms with Crippen LogP contribution in [0.15, 0.2) is 18.7 Å². The van der Waals surface area contributed by atoms with E-state index in [9.17, 15) is 12.9 Å². The first-order valence-corrected chi connectivity index (χ1v) is 6.04. The highest BCUT2D eigenvalue weighted by atomic mass is 32.2. The molecule has 0 fully saturated rings. The second-order valence-electron chi connectivity index (χ2n) is 2.91. The summed E-state index contributed by atoms with van der Waals surface area (Å²) in [6, 6.07) is 0. The molecule has 0 aliphatic heterocycles. The molecule has 0 atom stereocenters. The van der Waals surface area contributed by atoms with Gasteiger partial charge in [-0.15, -0.1) is 0 Å². The number of aryl methyl sites for hydroxylation is 1. The predicted octanol–water partition coefficient (Wildman–Crippen LogP) is 1.44. The average Bonchev–Trinajstić information content (AvgIpc) is 2.67. The van der Waals surface area contributed by atoms with Crippen molar-refractivity contribution < 1.29 is 17.3 Å². The minimum atomic E-state index is -3.85. The Hall–Kier alpha value is -0.950. The summed E-state index contributed by atoms with van der Waals surface area (Å²) in [4.78, 5) is 3.78. The molecule has 0 amide bonds. The number of hydrogen-bond donors (Lipinski definition) is 0. The van der Waals surface area contributed by atoms with E-state index < -0.39 is 10.1 Å². The van der Waals surface area contributed by atoms with Crippen LogP contribution in [-0.2, 0) is 21.6 Å². The first-order valence-electron chi connectivity index (χ1n) is 4.46. The Morgan fingerprint density at radius 3 is 2.47 bits per heavy atom. The Bertz CT molecular complexity index is 337. The standard InChI is InChI=1S/C4H9FO3S.C4H6N2/c1-2-3-4-9(6,7)8-5;1-6-3-2-5-4-6/h2-4H2,1H3;2-4H,1H3. The highest BCUT2D eigenvalue weighted by Gasteiger charge is 2.08. The minimum Gasteiger partial charge on any atom is -0.341 e. The number of halogens is 1. The van der Waals surface area contributed by atoms with Crippen LogP contribution >= 0.6 is 0 Å². The van der Waals surface area contributed by atoms with Gasteiger partial charge in [0.1, 0.15) is 0 Å². The predicted molar refractivity (Wildman–Crippen MR) is 54.1 cm³/mol. The van der Waals surface area contributed by atoms with Crippen LogP contribution in [0.25, 0.3) is 0 Å². The van der Waals surface area contributed by atoms with Crippen molar-refractivity contribution in [1.82, 2.24) is 9.55 Å². The van der Waals surface area contributed by atoms with E-state index in [1.54, 1.807) is 12.5 Å². The normalized spacial score (nSPS) is 10.6. The SMILES string of the molecule is CCCCS(=O)(=O)OF.Cn1ccnc1. The zero-order valence-corrected chi connectivity index (χ0v) is 9.58. The minimum absolute atomic E-state index is 0.236. The van der Waals surface area contributed by atoms with Gasteiger partial charge in [0, 0.05) is 19.4 Å². The fourth-order valence-corrected chi connectivity index (χ4v) is 1.38. The third-order valence-electron chi connectivity index (χ3n) is 1.48. The summed E-state index contributed by atoms with van der Waals surface area (Å²) in [6.45, 7) is 1.81. The van der Waals surface area contributed by atoms with Gasteiger partial charge in [-0.1, -0.05) is 17.7 Å². The van der Waals surface area contributed by atoms with Gasteiger partial charge >= 0.3 is 0 Å². The second-order valence-corrected chi connectivity index (χ2v) is 4.56. The number of nitrogens with zero attached hydrogens (tertiary/aromatic N) is 2. The van der Waals surface area contributed by atoms with Crippen molar-refractivity contribution in [2.75, 3.05) is 5.75 Å². The highest BCUT2D eigenvalue weighted by Crippen LogP contribution is 1.98. The Morgan fingerprint density at radius 2 is 2.20 bits per heavy atom. The summed E-state index contributed by atoms with van der Waals surface area (Å²) < 4.78 is 35.9. The smallest absolute Gasteiger partial charge is 0.297 e. The summed E-state index contributed by atoms with van der Waals surface area (Å²) in [5.74, 6) is -0.236. The lowest BCUT2D eigenvalue weighted by Crippen LogP contribution is -2.04. The van der Waals surface area contributed by atoms with Crippen molar-refractivity contribution in [3.05, 3.63) is 18.7 Å². The van der Waals surface area contributed by atoms with Crippen LogP contribution in [0.5, 0.6) is 0 Å². The first kappa shape index (κ1) is 14.1. The molecular weight excluding hydrogens is 223 g/mol. The van der Waals surface area contributed by atoms with E-state index in [0.29, 0.717) is 12.8 Å². The molecule has 88 valence electrons. The molecule has 15 heavy (non-hydrogen) atoms. The topological polar surface area (TPSA) is 61.2 Å². The largest absolute Gasteiger partial charge is 0.341 e. The molecule has 0 unspecified atom stereocenters. The monoisotopic (exact) mass is 238 g/mol. The van der Waals surface area contributed by atoms with E-state index in [4.69, 9.17) is 0 Å². The van der Waals surface area contributed by atoms with Gasteiger partial charge in [-0.25, -0.2) is 4.98 Å². The molecule has 1 heterocycles. The van der Waals surface area contributed by atoms with E-state index in [-0.39, 0.29) is 5.75 Å². The van der Waals surface area contributed by atoms with Gasteiger partial charge in [0.2, 0.25) is 0 Å². The number of hydrogen-bond acceptors (Lipinski definition) is 4. The summed E-state index contributed by atoms with van der Waals surface area (Å²) in [6.07, 6.45) is 6.54. The Balaban J connectivity index is 0.000000280. The molecule has 0 aliphatic rings. The summed E-state index contributed by atoms with van der Waals surface area (Å²) in [7, 11) is -1.91. The van der Waals surface area contributed by atoms with Crippen LogP contribution in [0, 0.1) is 0 Å². The third kappa shape index (κ3) is 8.07. The molecule has 0 aromatic carbocycles. The van der Waals surface area contributed by atoms with E-state index >= 15 is 0 Å². The van der Waals surface area contributed by atoms with Crippen LogP contribution in [0.4, 0.5) is 4.53 Å². The van der Waals surface area contributed by atoms with Gasteiger partial charge < -0.3 is 4.57 Å². The molecule has 7 heteroatoms. The molecule has 0 radical (unpaired) electrons. The molecule has 0 saturated heterocycles. The summed E-state index contributed by atoms with van der Waals surface area (Å²) in [5, 5.41) is 0. The van der Waals surface area contributed by atoms with Gasteiger partial charge in [0.25, 0.3) is 10.1 Å².